The van der Waals surface area contributed by atoms with Crippen LogP contribution in [0.3, 0.4) is 0 Å². The number of benzene rings is 1. The lowest BCUT2D eigenvalue weighted by Crippen LogP contribution is -2.37. The average molecular weight is 299 g/mol. The van der Waals surface area contributed by atoms with Gasteiger partial charge in [-0.15, -0.1) is 0 Å². The maximum Gasteiger partial charge on any atom is 0.331 e. The maximum absolute atomic E-state index is 12.2. The standard InChI is InChI=1S/C17H17NO4/c1-13(17(20)18(2)14-7-4-3-5-8-14)22-16(19)11-10-15-9-6-12-21-15/h3-13H,1-2H3/b11-10+/t13-/m0/s1. The summed E-state index contributed by atoms with van der Waals surface area (Å²) in [4.78, 5) is 25.4. The summed E-state index contributed by atoms with van der Waals surface area (Å²) in [5.74, 6) is -0.359. The number of esters is 1. The number of hydrogen-bond donors (Lipinski definition) is 0. The Kier molecular flexibility index (Phi) is 5.14. The van der Waals surface area contributed by atoms with E-state index in [4.69, 9.17) is 9.15 Å². The van der Waals surface area contributed by atoms with E-state index in [-0.39, 0.29) is 5.91 Å². The molecule has 0 bridgehead atoms. The van der Waals surface area contributed by atoms with Gasteiger partial charge in [-0.1, -0.05) is 18.2 Å². The summed E-state index contributed by atoms with van der Waals surface area (Å²) in [7, 11) is 1.64. The van der Waals surface area contributed by atoms with Gasteiger partial charge in [0.2, 0.25) is 0 Å². The Hall–Kier alpha value is -2.82. The topological polar surface area (TPSA) is 59.8 Å². The molecule has 0 aliphatic carbocycles. The van der Waals surface area contributed by atoms with Crippen molar-refractivity contribution < 1.29 is 18.7 Å². The van der Waals surface area contributed by atoms with E-state index < -0.39 is 12.1 Å². The van der Waals surface area contributed by atoms with Gasteiger partial charge in [0.15, 0.2) is 6.10 Å². The molecule has 0 saturated heterocycles. The summed E-state index contributed by atoms with van der Waals surface area (Å²) in [5, 5.41) is 0. The first-order chi connectivity index (χ1) is 10.6. The lowest BCUT2D eigenvalue weighted by atomic mass is 10.2. The number of carbonyl (C=O) groups excluding carboxylic acids is 2. The maximum atomic E-state index is 12.2. The van der Waals surface area contributed by atoms with Gasteiger partial charge in [0.05, 0.1) is 6.26 Å². The number of hydrogen-bond acceptors (Lipinski definition) is 4. The van der Waals surface area contributed by atoms with E-state index in [0.29, 0.717) is 5.76 Å². The highest BCUT2D eigenvalue weighted by Crippen LogP contribution is 2.13. The Morgan fingerprint density at radius 1 is 1.18 bits per heavy atom. The zero-order chi connectivity index (χ0) is 15.9. The highest BCUT2D eigenvalue weighted by Gasteiger charge is 2.21. The summed E-state index contributed by atoms with van der Waals surface area (Å²) in [5.41, 5.74) is 0.738. The molecular formula is C17H17NO4. The van der Waals surface area contributed by atoms with Crippen molar-refractivity contribution in [2.75, 3.05) is 11.9 Å². The van der Waals surface area contributed by atoms with Crippen LogP contribution in [0.1, 0.15) is 12.7 Å². The Morgan fingerprint density at radius 2 is 1.91 bits per heavy atom. The summed E-state index contributed by atoms with van der Waals surface area (Å²) in [6.45, 7) is 1.54. The van der Waals surface area contributed by atoms with E-state index in [1.165, 1.54) is 23.3 Å². The molecule has 2 rings (SSSR count). The summed E-state index contributed by atoms with van der Waals surface area (Å²) < 4.78 is 10.2. The Balaban J connectivity index is 1.92. The van der Waals surface area contributed by atoms with E-state index in [0.717, 1.165) is 5.69 Å². The zero-order valence-corrected chi connectivity index (χ0v) is 12.4. The van der Waals surface area contributed by atoms with Crippen LogP contribution < -0.4 is 4.90 Å². The SMILES string of the molecule is C[C@H](OC(=O)/C=C/c1ccco1)C(=O)N(C)c1ccccc1. The van der Waals surface area contributed by atoms with Gasteiger partial charge < -0.3 is 14.1 Å². The third-order valence-electron chi connectivity index (χ3n) is 3.04. The van der Waals surface area contributed by atoms with Crippen LogP contribution in [-0.2, 0) is 14.3 Å². The van der Waals surface area contributed by atoms with Crippen LogP contribution in [0.4, 0.5) is 5.69 Å². The first-order valence-corrected chi connectivity index (χ1v) is 6.83. The molecule has 22 heavy (non-hydrogen) atoms. The first kappa shape index (κ1) is 15.6. The number of nitrogens with zero attached hydrogens (tertiary/aromatic N) is 1. The lowest BCUT2D eigenvalue weighted by Gasteiger charge is -2.21. The fraction of sp³-hybridized carbons (Fsp3) is 0.176. The van der Waals surface area contributed by atoms with E-state index in [9.17, 15) is 9.59 Å². The van der Waals surface area contributed by atoms with Crippen molar-refractivity contribution in [1.29, 1.82) is 0 Å². The molecule has 0 unspecified atom stereocenters. The number of rotatable bonds is 5. The van der Waals surface area contributed by atoms with Gasteiger partial charge in [-0.3, -0.25) is 4.79 Å². The van der Waals surface area contributed by atoms with Crippen LogP contribution in [0.5, 0.6) is 0 Å². The minimum absolute atomic E-state index is 0.300. The molecule has 1 atom stereocenters. The molecule has 0 N–H and O–H groups in total. The van der Waals surface area contributed by atoms with Gasteiger partial charge in [-0.25, -0.2) is 4.79 Å². The van der Waals surface area contributed by atoms with Crippen LogP contribution in [0, 0.1) is 0 Å². The number of ether oxygens (including phenoxy) is 1. The fourth-order valence-corrected chi connectivity index (χ4v) is 1.85. The van der Waals surface area contributed by atoms with Crippen LogP contribution >= 0.6 is 0 Å². The predicted octanol–water partition coefficient (Wildman–Crippen LogP) is 2.89. The first-order valence-electron chi connectivity index (χ1n) is 6.83. The van der Waals surface area contributed by atoms with Crippen LogP contribution in [-0.4, -0.2) is 25.0 Å². The van der Waals surface area contributed by atoms with Crippen LogP contribution in [0.2, 0.25) is 0 Å². The number of para-hydroxylation sites is 1. The number of carbonyl (C=O) groups is 2. The second kappa shape index (κ2) is 7.26. The Morgan fingerprint density at radius 3 is 2.55 bits per heavy atom. The third kappa shape index (κ3) is 4.09. The summed E-state index contributed by atoms with van der Waals surface area (Å²) in [6, 6.07) is 12.6. The molecule has 1 aromatic heterocycles. The van der Waals surface area contributed by atoms with Crippen LogP contribution in [0.15, 0.2) is 59.2 Å². The quantitative estimate of drug-likeness (QED) is 0.629. The molecule has 0 fully saturated rings. The normalized spacial score (nSPS) is 12.1. The van der Waals surface area contributed by atoms with Crippen molar-refractivity contribution in [2.45, 2.75) is 13.0 Å². The second-order valence-corrected chi connectivity index (χ2v) is 4.66. The van der Waals surface area contributed by atoms with Gasteiger partial charge in [-0.05, 0) is 37.3 Å². The molecule has 5 heteroatoms. The van der Waals surface area contributed by atoms with Gasteiger partial charge in [0.25, 0.3) is 5.91 Å². The highest BCUT2D eigenvalue weighted by atomic mass is 16.5. The molecular weight excluding hydrogens is 282 g/mol. The monoisotopic (exact) mass is 299 g/mol. The van der Waals surface area contributed by atoms with Crippen molar-refractivity contribution in [1.82, 2.24) is 0 Å². The zero-order valence-electron chi connectivity index (χ0n) is 12.4. The molecule has 0 aliphatic rings. The lowest BCUT2D eigenvalue weighted by molar-refractivity contribution is -0.148. The number of amides is 1. The van der Waals surface area contributed by atoms with Crippen molar-refractivity contribution >= 4 is 23.6 Å². The van der Waals surface area contributed by atoms with Gasteiger partial charge >= 0.3 is 5.97 Å². The van der Waals surface area contributed by atoms with Crippen LogP contribution in [0.25, 0.3) is 6.08 Å². The largest absolute Gasteiger partial charge is 0.465 e. The van der Waals surface area contributed by atoms with Gasteiger partial charge in [-0.2, -0.15) is 0 Å². The molecule has 0 saturated carbocycles. The van der Waals surface area contributed by atoms with Crippen molar-refractivity contribution in [2.24, 2.45) is 0 Å². The molecule has 2 aromatic rings. The summed E-state index contributed by atoms with van der Waals surface area (Å²) in [6.07, 6.45) is 3.34. The van der Waals surface area contributed by atoms with Crippen molar-refractivity contribution in [3.05, 3.63) is 60.6 Å². The van der Waals surface area contributed by atoms with E-state index in [1.807, 2.05) is 30.3 Å². The minimum Gasteiger partial charge on any atom is -0.465 e. The Labute approximate surface area is 128 Å². The minimum atomic E-state index is -0.876. The molecule has 1 amide bonds. The molecule has 0 spiro atoms. The molecule has 114 valence electrons. The van der Waals surface area contributed by atoms with Crippen molar-refractivity contribution in [3.63, 3.8) is 0 Å². The van der Waals surface area contributed by atoms with Gasteiger partial charge in [0.1, 0.15) is 5.76 Å². The molecule has 0 aliphatic heterocycles. The predicted molar refractivity (Wildman–Crippen MR) is 83.1 cm³/mol. The second-order valence-electron chi connectivity index (χ2n) is 4.66. The number of furan rings is 1. The highest BCUT2D eigenvalue weighted by molar-refractivity contribution is 5.98. The summed E-state index contributed by atoms with van der Waals surface area (Å²) >= 11 is 0. The Bertz CT molecular complexity index is 647. The molecule has 0 radical (unpaired) electrons. The molecule has 1 aromatic carbocycles. The van der Waals surface area contributed by atoms with E-state index >= 15 is 0 Å². The molecule has 5 nitrogen and oxygen atoms in total. The van der Waals surface area contributed by atoms with E-state index in [2.05, 4.69) is 0 Å². The van der Waals surface area contributed by atoms with Gasteiger partial charge in [0, 0.05) is 18.8 Å². The third-order valence-corrected chi connectivity index (χ3v) is 3.04. The average Bonchev–Trinajstić information content (AvgIpc) is 3.05. The number of anilines is 1. The van der Waals surface area contributed by atoms with E-state index in [1.54, 1.807) is 26.1 Å². The fourth-order valence-electron chi connectivity index (χ4n) is 1.85. The smallest absolute Gasteiger partial charge is 0.331 e. The van der Waals surface area contributed by atoms with Crippen molar-refractivity contribution in [3.8, 4) is 0 Å². The molecule has 1 heterocycles. The number of likely N-dealkylation sites (N-methyl/N-ethyl adjacent to an activating group) is 1.